The molecule has 2 heterocycles. The Morgan fingerprint density at radius 2 is 2.16 bits per heavy atom. The third-order valence-electron chi connectivity index (χ3n) is 3.44. The second-order valence-electron chi connectivity index (χ2n) is 4.88. The Morgan fingerprint density at radius 1 is 1.32 bits per heavy atom. The molecule has 0 fully saturated rings. The highest BCUT2D eigenvalue weighted by Gasteiger charge is 2.08. The normalized spacial score (nSPS) is 11.3. The fourth-order valence-corrected chi connectivity index (χ4v) is 2.55. The van der Waals surface area contributed by atoms with Crippen LogP contribution in [0.1, 0.15) is 17.0 Å². The molecule has 0 radical (unpaired) electrons. The Kier molecular flexibility index (Phi) is 3.09. The van der Waals surface area contributed by atoms with Crippen LogP contribution in [-0.2, 0) is 19.9 Å². The topological polar surface area (TPSA) is 59.6 Å². The maximum Gasteiger partial charge on any atom is 0.0637 e. The molecule has 19 heavy (non-hydrogen) atoms. The fourth-order valence-electron chi connectivity index (χ4n) is 2.55. The quantitative estimate of drug-likeness (QED) is 0.748. The molecule has 98 valence electrons. The minimum Gasteiger partial charge on any atom is -0.350 e. The molecule has 0 aliphatic carbocycles. The van der Waals surface area contributed by atoms with Gasteiger partial charge in [-0.3, -0.25) is 5.10 Å². The number of aromatic amines is 1. The zero-order valence-corrected chi connectivity index (χ0v) is 11.1. The summed E-state index contributed by atoms with van der Waals surface area (Å²) in [4.78, 5) is 0. The molecule has 4 nitrogen and oxygen atoms in total. The highest BCUT2D eigenvalue weighted by atomic mass is 15.1. The van der Waals surface area contributed by atoms with E-state index in [0.29, 0.717) is 6.54 Å². The molecular weight excluding hydrogens is 236 g/mol. The summed E-state index contributed by atoms with van der Waals surface area (Å²) in [5.41, 5.74) is 10.3. The van der Waals surface area contributed by atoms with Crippen LogP contribution in [0.3, 0.4) is 0 Å². The van der Waals surface area contributed by atoms with Crippen LogP contribution in [0.4, 0.5) is 0 Å². The van der Waals surface area contributed by atoms with Gasteiger partial charge in [0.15, 0.2) is 0 Å². The summed E-state index contributed by atoms with van der Waals surface area (Å²) in [6, 6.07) is 10.6. The van der Waals surface area contributed by atoms with Gasteiger partial charge in [0.25, 0.3) is 0 Å². The summed E-state index contributed by atoms with van der Waals surface area (Å²) < 4.78 is 2.17. The molecule has 3 aromatic rings. The minimum atomic E-state index is 0.637. The molecule has 4 heteroatoms. The van der Waals surface area contributed by atoms with Gasteiger partial charge in [-0.1, -0.05) is 18.2 Å². The van der Waals surface area contributed by atoms with Gasteiger partial charge in [0, 0.05) is 42.7 Å². The van der Waals surface area contributed by atoms with Gasteiger partial charge in [-0.05, 0) is 24.2 Å². The van der Waals surface area contributed by atoms with Gasteiger partial charge in [0.2, 0.25) is 0 Å². The van der Waals surface area contributed by atoms with Crippen molar-refractivity contribution in [2.24, 2.45) is 12.8 Å². The number of nitrogens with two attached hydrogens (primary N) is 1. The van der Waals surface area contributed by atoms with E-state index >= 15 is 0 Å². The van der Waals surface area contributed by atoms with E-state index in [4.69, 9.17) is 5.73 Å². The van der Waals surface area contributed by atoms with E-state index < -0.39 is 0 Å². The van der Waals surface area contributed by atoms with Crippen LogP contribution in [0.25, 0.3) is 10.9 Å². The number of fused-ring (bicyclic) bond motifs is 1. The SMILES string of the molecule is Cn1cc(Cc2cc(CCN)n[nH]2)c2ccccc21. The van der Waals surface area contributed by atoms with E-state index in [1.165, 1.54) is 16.5 Å². The second kappa shape index (κ2) is 4.90. The van der Waals surface area contributed by atoms with Gasteiger partial charge in [-0.25, -0.2) is 0 Å². The molecule has 0 aliphatic heterocycles. The number of nitrogens with one attached hydrogen (secondary N) is 1. The summed E-state index contributed by atoms with van der Waals surface area (Å²) in [5.74, 6) is 0. The molecule has 3 rings (SSSR count). The lowest BCUT2D eigenvalue weighted by atomic mass is 10.1. The molecule has 0 atom stereocenters. The van der Waals surface area contributed by atoms with Crippen LogP contribution in [0, 0.1) is 0 Å². The number of hydrogen-bond donors (Lipinski definition) is 2. The Morgan fingerprint density at radius 3 is 3.00 bits per heavy atom. The van der Waals surface area contributed by atoms with Crippen LogP contribution < -0.4 is 5.73 Å². The predicted octanol–water partition coefficient (Wildman–Crippen LogP) is 1.99. The highest BCUT2D eigenvalue weighted by molar-refractivity contribution is 5.84. The Balaban J connectivity index is 1.92. The van der Waals surface area contributed by atoms with Crippen molar-refractivity contribution < 1.29 is 0 Å². The molecule has 0 bridgehead atoms. The maximum absolute atomic E-state index is 5.54. The van der Waals surface area contributed by atoms with Gasteiger partial charge in [0.05, 0.1) is 5.69 Å². The van der Waals surface area contributed by atoms with Crippen molar-refractivity contribution in [1.82, 2.24) is 14.8 Å². The van der Waals surface area contributed by atoms with Crippen molar-refractivity contribution in [3.63, 3.8) is 0 Å². The summed E-state index contributed by atoms with van der Waals surface area (Å²) in [5, 5.41) is 8.68. The highest BCUT2D eigenvalue weighted by Crippen LogP contribution is 2.22. The first-order chi connectivity index (χ1) is 9.28. The lowest BCUT2D eigenvalue weighted by Crippen LogP contribution is -2.02. The van der Waals surface area contributed by atoms with Crippen LogP contribution in [0.15, 0.2) is 36.5 Å². The summed E-state index contributed by atoms with van der Waals surface area (Å²) >= 11 is 0. The van der Waals surface area contributed by atoms with Crippen molar-refractivity contribution in [3.05, 3.63) is 53.5 Å². The fraction of sp³-hybridized carbons (Fsp3) is 0.267. The monoisotopic (exact) mass is 254 g/mol. The molecule has 0 unspecified atom stereocenters. The van der Waals surface area contributed by atoms with Crippen molar-refractivity contribution in [2.45, 2.75) is 12.8 Å². The van der Waals surface area contributed by atoms with Crippen LogP contribution in [-0.4, -0.2) is 21.3 Å². The van der Waals surface area contributed by atoms with Crippen molar-refractivity contribution in [2.75, 3.05) is 6.54 Å². The molecular formula is C15H18N4. The first-order valence-corrected chi connectivity index (χ1v) is 6.54. The van der Waals surface area contributed by atoms with Gasteiger partial charge >= 0.3 is 0 Å². The number of rotatable bonds is 4. The predicted molar refractivity (Wildman–Crippen MR) is 77.1 cm³/mol. The Hall–Kier alpha value is -2.07. The van der Waals surface area contributed by atoms with Gasteiger partial charge in [-0.2, -0.15) is 5.10 Å². The lowest BCUT2D eigenvalue weighted by molar-refractivity contribution is 0.893. The first kappa shape index (κ1) is 12.0. The maximum atomic E-state index is 5.54. The third-order valence-corrected chi connectivity index (χ3v) is 3.44. The zero-order chi connectivity index (χ0) is 13.2. The molecule has 0 aliphatic rings. The smallest absolute Gasteiger partial charge is 0.0637 e. The largest absolute Gasteiger partial charge is 0.350 e. The Bertz CT molecular complexity index is 693. The first-order valence-electron chi connectivity index (χ1n) is 6.54. The lowest BCUT2D eigenvalue weighted by Gasteiger charge is -1.96. The van der Waals surface area contributed by atoms with Gasteiger partial charge in [0.1, 0.15) is 0 Å². The van der Waals surface area contributed by atoms with Crippen molar-refractivity contribution in [1.29, 1.82) is 0 Å². The molecule has 0 saturated carbocycles. The van der Waals surface area contributed by atoms with Crippen LogP contribution in [0.5, 0.6) is 0 Å². The molecule has 0 saturated heterocycles. The van der Waals surface area contributed by atoms with Crippen LogP contribution >= 0.6 is 0 Å². The molecule has 2 aromatic heterocycles. The number of aryl methyl sites for hydroxylation is 1. The van der Waals surface area contributed by atoms with E-state index in [-0.39, 0.29) is 0 Å². The van der Waals surface area contributed by atoms with Crippen molar-refractivity contribution >= 4 is 10.9 Å². The number of hydrogen-bond acceptors (Lipinski definition) is 2. The Labute approximate surface area is 112 Å². The summed E-state index contributed by atoms with van der Waals surface area (Å²) in [6.45, 7) is 0.637. The standard InChI is InChI=1S/C15H18N4/c1-19-10-11(14-4-2-3-5-15(14)19)8-13-9-12(6-7-16)17-18-13/h2-5,9-10H,6-8,16H2,1H3,(H,17,18). The average molecular weight is 254 g/mol. The number of aromatic nitrogens is 3. The molecule has 3 N–H and O–H groups in total. The van der Waals surface area contributed by atoms with E-state index in [0.717, 1.165) is 24.2 Å². The van der Waals surface area contributed by atoms with Gasteiger partial charge < -0.3 is 10.3 Å². The van der Waals surface area contributed by atoms with E-state index in [1.54, 1.807) is 0 Å². The van der Waals surface area contributed by atoms with E-state index in [2.05, 4.69) is 58.3 Å². The van der Waals surface area contributed by atoms with E-state index in [1.807, 2.05) is 0 Å². The summed E-state index contributed by atoms with van der Waals surface area (Å²) in [7, 11) is 2.08. The molecule has 0 spiro atoms. The van der Waals surface area contributed by atoms with Crippen molar-refractivity contribution in [3.8, 4) is 0 Å². The minimum absolute atomic E-state index is 0.637. The molecule has 1 aromatic carbocycles. The van der Waals surface area contributed by atoms with Gasteiger partial charge in [-0.15, -0.1) is 0 Å². The number of H-pyrrole nitrogens is 1. The average Bonchev–Trinajstić information content (AvgIpc) is 2.97. The third kappa shape index (κ3) is 2.27. The van der Waals surface area contributed by atoms with E-state index in [9.17, 15) is 0 Å². The van der Waals surface area contributed by atoms with Crippen LogP contribution in [0.2, 0.25) is 0 Å². The number of benzene rings is 1. The second-order valence-corrected chi connectivity index (χ2v) is 4.88. The molecule has 0 amide bonds. The summed E-state index contributed by atoms with van der Waals surface area (Å²) in [6.07, 6.45) is 3.89. The zero-order valence-electron chi connectivity index (χ0n) is 11.1. The number of nitrogens with zero attached hydrogens (tertiary/aromatic N) is 2. The number of para-hydroxylation sites is 1.